The number of hydrogen-bond acceptors (Lipinski definition) is 3. The van der Waals surface area contributed by atoms with Crippen LogP contribution < -0.4 is 5.32 Å². The minimum atomic E-state index is -0.0663. The normalized spacial score (nSPS) is 10.6. The zero-order valence-corrected chi connectivity index (χ0v) is 13.0. The van der Waals surface area contributed by atoms with Crippen molar-refractivity contribution >= 4 is 23.1 Å². The highest BCUT2D eigenvalue weighted by Crippen LogP contribution is 2.25. The summed E-state index contributed by atoms with van der Waals surface area (Å²) >= 11 is 1.60. The van der Waals surface area contributed by atoms with Gasteiger partial charge in [0, 0.05) is 11.1 Å². The number of nitrogens with zero attached hydrogens (tertiary/aromatic N) is 1. The van der Waals surface area contributed by atoms with Crippen LogP contribution in [0.15, 0.2) is 24.4 Å². The van der Waals surface area contributed by atoms with E-state index in [0.717, 1.165) is 29.7 Å². The van der Waals surface area contributed by atoms with Crippen molar-refractivity contribution in [1.29, 1.82) is 0 Å². The number of pyridine rings is 1. The second kappa shape index (κ2) is 6.66. The second-order valence-electron chi connectivity index (χ2n) is 4.84. The van der Waals surface area contributed by atoms with Crippen molar-refractivity contribution in [2.75, 3.05) is 5.32 Å². The molecule has 0 atom stereocenters. The summed E-state index contributed by atoms with van der Waals surface area (Å²) in [5.74, 6) is 0.535. The van der Waals surface area contributed by atoms with Gasteiger partial charge in [0.25, 0.3) is 5.91 Å². The van der Waals surface area contributed by atoms with Gasteiger partial charge in [-0.05, 0) is 43.0 Å². The molecule has 0 aliphatic heterocycles. The minimum absolute atomic E-state index is 0.0663. The van der Waals surface area contributed by atoms with E-state index in [9.17, 15) is 4.79 Å². The number of nitrogens with one attached hydrogen (secondary N) is 1. The number of carbonyl (C=O) groups excluding carboxylic acids is 1. The Morgan fingerprint density at radius 1 is 1.35 bits per heavy atom. The number of amides is 1. The molecule has 0 bridgehead atoms. The summed E-state index contributed by atoms with van der Waals surface area (Å²) in [6.45, 7) is 6.27. The SMILES string of the molecule is CCCc1sc(C(=O)Nc2ccc(C)cn2)cc1CC. The van der Waals surface area contributed by atoms with E-state index in [-0.39, 0.29) is 5.91 Å². The predicted molar refractivity (Wildman–Crippen MR) is 84.6 cm³/mol. The Balaban J connectivity index is 2.14. The highest BCUT2D eigenvalue weighted by atomic mass is 32.1. The lowest BCUT2D eigenvalue weighted by Gasteiger charge is -2.02. The van der Waals surface area contributed by atoms with Gasteiger partial charge < -0.3 is 5.32 Å². The van der Waals surface area contributed by atoms with Crippen LogP contribution in [0.5, 0.6) is 0 Å². The van der Waals surface area contributed by atoms with Gasteiger partial charge in [-0.15, -0.1) is 11.3 Å². The third-order valence-electron chi connectivity index (χ3n) is 3.13. The number of carbonyl (C=O) groups is 1. The number of thiophene rings is 1. The van der Waals surface area contributed by atoms with Crippen LogP contribution in [0.1, 0.15) is 45.9 Å². The van der Waals surface area contributed by atoms with Gasteiger partial charge in [-0.2, -0.15) is 0 Å². The maximum atomic E-state index is 12.2. The average molecular weight is 288 g/mol. The topological polar surface area (TPSA) is 42.0 Å². The number of rotatable bonds is 5. The van der Waals surface area contributed by atoms with Gasteiger partial charge in [-0.25, -0.2) is 4.98 Å². The third-order valence-corrected chi connectivity index (χ3v) is 4.37. The van der Waals surface area contributed by atoms with Crippen molar-refractivity contribution in [2.45, 2.75) is 40.0 Å². The van der Waals surface area contributed by atoms with Gasteiger partial charge in [0.15, 0.2) is 0 Å². The van der Waals surface area contributed by atoms with E-state index in [0.29, 0.717) is 5.82 Å². The van der Waals surface area contributed by atoms with Gasteiger partial charge in [0.1, 0.15) is 5.82 Å². The van der Waals surface area contributed by atoms with Crippen LogP contribution in [0, 0.1) is 6.92 Å². The van der Waals surface area contributed by atoms with Gasteiger partial charge in [0.05, 0.1) is 4.88 Å². The first-order chi connectivity index (χ1) is 9.63. The van der Waals surface area contributed by atoms with Crippen LogP contribution in [0.25, 0.3) is 0 Å². The summed E-state index contributed by atoms with van der Waals surface area (Å²) in [6.07, 6.45) is 4.88. The Morgan fingerprint density at radius 2 is 2.15 bits per heavy atom. The van der Waals surface area contributed by atoms with Crippen LogP contribution in [0.3, 0.4) is 0 Å². The highest BCUT2D eigenvalue weighted by molar-refractivity contribution is 7.14. The quantitative estimate of drug-likeness (QED) is 0.895. The largest absolute Gasteiger partial charge is 0.306 e. The molecule has 0 saturated carbocycles. The van der Waals surface area contributed by atoms with E-state index in [1.54, 1.807) is 17.5 Å². The van der Waals surface area contributed by atoms with Crippen LogP contribution in [0.4, 0.5) is 5.82 Å². The first kappa shape index (κ1) is 14.7. The predicted octanol–water partition coefficient (Wildman–Crippen LogP) is 4.22. The summed E-state index contributed by atoms with van der Waals surface area (Å²) in [7, 11) is 0. The van der Waals surface area contributed by atoms with E-state index >= 15 is 0 Å². The monoisotopic (exact) mass is 288 g/mol. The molecule has 0 radical (unpaired) electrons. The Hall–Kier alpha value is -1.68. The number of anilines is 1. The van der Waals surface area contributed by atoms with Crippen LogP contribution in [-0.2, 0) is 12.8 Å². The molecule has 1 amide bonds. The first-order valence-corrected chi connectivity index (χ1v) is 7.81. The maximum Gasteiger partial charge on any atom is 0.266 e. The molecular weight excluding hydrogens is 268 g/mol. The molecule has 0 aliphatic carbocycles. The van der Waals surface area contributed by atoms with E-state index in [2.05, 4.69) is 24.1 Å². The average Bonchev–Trinajstić information content (AvgIpc) is 2.85. The molecule has 1 N–H and O–H groups in total. The summed E-state index contributed by atoms with van der Waals surface area (Å²) < 4.78 is 0. The molecule has 2 rings (SSSR count). The lowest BCUT2D eigenvalue weighted by molar-refractivity contribution is 0.103. The van der Waals surface area contributed by atoms with Crippen molar-refractivity contribution in [3.63, 3.8) is 0 Å². The standard InChI is InChI=1S/C16H20N2OS/c1-4-6-13-12(5-2)9-14(20-13)16(19)18-15-8-7-11(3)10-17-15/h7-10H,4-6H2,1-3H3,(H,17,18,19). The second-order valence-corrected chi connectivity index (χ2v) is 5.97. The van der Waals surface area contributed by atoms with Gasteiger partial charge >= 0.3 is 0 Å². The number of hydrogen-bond donors (Lipinski definition) is 1. The molecule has 0 aromatic carbocycles. The molecule has 2 aromatic heterocycles. The molecule has 0 unspecified atom stereocenters. The van der Waals surface area contributed by atoms with Crippen molar-refractivity contribution in [3.05, 3.63) is 45.3 Å². The number of aryl methyl sites for hydroxylation is 3. The first-order valence-electron chi connectivity index (χ1n) is 6.99. The fourth-order valence-corrected chi connectivity index (χ4v) is 3.29. The van der Waals surface area contributed by atoms with Gasteiger partial charge in [-0.1, -0.05) is 26.3 Å². The van der Waals surface area contributed by atoms with Crippen molar-refractivity contribution in [2.24, 2.45) is 0 Å². The van der Waals surface area contributed by atoms with E-state index < -0.39 is 0 Å². The smallest absolute Gasteiger partial charge is 0.266 e. The fourth-order valence-electron chi connectivity index (χ4n) is 2.04. The zero-order valence-electron chi connectivity index (χ0n) is 12.2. The molecule has 0 saturated heterocycles. The number of aromatic nitrogens is 1. The van der Waals surface area contributed by atoms with Crippen LogP contribution >= 0.6 is 11.3 Å². The van der Waals surface area contributed by atoms with Crippen molar-refractivity contribution in [3.8, 4) is 0 Å². The highest BCUT2D eigenvalue weighted by Gasteiger charge is 2.13. The zero-order chi connectivity index (χ0) is 14.5. The summed E-state index contributed by atoms with van der Waals surface area (Å²) in [5, 5.41) is 2.85. The molecule has 2 heterocycles. The van der Waals surface area contributed by atoms with Crippen LogP contribution in [0.2, 0.25) is 0 Å². The fraction of sp³-hybridized carbons (Fsp3) is 0.375. The molecule has 0 aliphatic rings. The van der Waals surface area contributed by atoms with Crippen molar-refractivity contribution < 1.29 is 4.79 Å². The molecule has 2 aromatic rings. The lowest BCUT2D eigenvalue weighted by Crippen LogP contribution is -2.11. The Bertz CT molecular complexity index is 587. The van der Waals surface area contributed by atoms with Crippen LogP contribution in [-0.4, -0.2) is 10.9 Å². The molecule has 0 fully saturated rings. The molecule has 106 valence electrons. The summed E-state index contributed by atoms with van der Waals surface area (Å²) in [4.78, 5) is 18.5. The van der Waals surface area contributed by atoms with Gasteiger partial charge in [0.2, 0.25) is 0 Å². The summed E-state index contributed by atoms with van der Waals surface area (Å²) in [6, 6.07) is 5.78. The van der Waals surface area contributed by atoms with E-state index in [1.165, 1.54) is 10.4 Å². The molecule has 0 spiro atoms. The van der Waals surface area contributed by atoms with Gasteiger partial charge in [-0.3, -0.25) is 4.79 Å². The summed E-state index contributed by atoms with van der Waals surface area (Å²) in [5.41, 5.74) is 2.37. The van der Waals surface area contributed by atoms with Crippen molar-refractivity contribution in [1.82, 2.24) is 4.98 Å². The lowest BCUT2D eigenvalue weighted by atomic mass is 10.1. The molecule has 4 heteroatoms. The maximum absolute atomic E-state index is 12.2. The van der Waals surface area contributed by atoms with E-state index in [4.69, 9.17) is 0 Å². The molecule has 3 nitrogen and oxygen atoms in total. The molecule has 20 heavy (non-hydrogen) atoms. The molecular formula is C16H20N2OS. The Morgan fingerprint density at radius 3 is 2.75 bits per heavy atom. The Labute approximate surface area is 124 Å². The minimum Gasteiger partial charge on any atom is -0.306 e. The van der Waals surface area contributed by atoms with E-state index in [1.807, 2.05) is 25.1 Å². The Kier molecular flexibility index (Phi) is 4.90. The third kappa shape index (κ3) is 3.45.